The largest absolute Gasteiger partial charge is 0.382 e. The molecule has 3 rings (SSSR count). The molecular weight excluding hydrogens is 248 g/mol. The van der Waals surface area contributed by atoms with Crippen molar-refractivity contribution in [2.45, 2.75) is 32.4 Å². The number of piperidine rings is 1. The predicted octanol–water partition coefficient (Wildman–Crippen LogP) is 2.77. The van der Waals surface area contributed by atoms with Gasteiger partial charge in [0.05, 0.1) is 11.0 Å². The lowest BCUT2D eigenvalue weighted by atomic mass is 9.89. The Labute approximate surface area is 120 Å². The number of likely N-dealkylation sites (tertiary alicyclic amines) is 1. The van der Waals surface area contributed by atoms with Gasteiger partial charge in [-0.25, -0.2) is 0 Å². The minimum Gasteiger partial charge on any atom is -0.382 e. The number of hydrogen-bond donors (Lipinski definition) is 1. The van der Waals surface area contributed by atoms with Gasteiger partial charge in [0.15, 0.2) is 0 Å². The van der Waals surface area contributed by atoms with E-state index in [0.29, 0.717) is 18.0 Å². The predicted molar refractivity (Wildman–Crippen MR) is 82.8 cm³/mol. The molecule has 3 unspecified atom stereocenters. The van der Waals surface area contributed by atoms with Gasteiger partial charge in [-0.2, -0.15) is 0 Å². The third-order valence-electron chi connectivity index (χ3n) is 4.43. The van der Waals surface area contributed by atoms with Crippen molar-refractivity contribution < 1.29 is 0 Å². The van der Waals surface area contributed by atoms with Crippen molar-refractivity contribution in [1.82, 2.24) is 14.9 Å². The Morgan fingerprint density at radius 2 is 1.90 bits per heavy atom. The van der Waals surface area contributed by atoms with Crippen molar-refractivity contribution in [3.63, 3.8) is 0 Å². The van der Waals surface area contributed by atoms with E-state index in [1.54, 1.807) is 12.4 Å². The van der Waals surface area contributed by atoms with Crippen LogP contribution in [0.5, 0.6) is 0 Å². The fraction of sp³-hybridized carbons (Fsp3) is 0.500. The Bertz CT molecular complexity index is 598. The second-order valence-corrected chi connectivity index (χ2v) is 6.01. The van der Waals surface area contributed by atoms with E-state index < -0.39 is 0 Å². The maximum atomic E-state index is 4.37. The topological polar surface area (TPSA) is 41.0 Å². The van der Waals surface area contributed by atoms with Crippen LogP contribution in [0.25, 0.3) is 11.0 Å². The molecule has 0 amide bonds. The molecule has 0 radical (unpaired) electrons. The Balaban J connectivity index is 1.78. The molecule has 1 aliphatic heterocycles. The molecule has 0 bridgehead atoms. The highest BCUT2D eigenvalue weighted by Crippen LogP contribution is 2.25. The van der Waals surface area contributed by atoms with Crippen LogP contribution in [-0.2, 0) is 0 Å². The SMILES string of the molecule is CC1CN(C)C(C)CC1Nc1ccc2nccnc2c1. The summed E-state index contributed by atoms with van der Waals surface area (Å²) in [7, 11) is 2.21. The number of rotatable bonds is 2. The molecule has 1 aliphatic rings. The van der Waals surface area contributed by atoms with E-state index >= 15 is 0 Å². The average molecular weight is 270 g/mol. The molecule has 4 nitrogen and oxygen atoms in total. The van der Waals surface area contributed by atoms with Gasteiger partial charge in [-0.05, 0) is 44.5 Å². The zero-order chi connectivity index (χ0) is 14.1. The number of benzene rings is 1. The van der Waals surface area contributed by atoms with E-state index in [1.165, 1.54) is 6.42 Å². The first-order valence-electron chi connectivity index (χ1n) is 7.31. The summed E-state index contributed by atoms with van der Waals surface area (Å²) in [5, 5.41) is 3.68. The van der Waals surface area contributed by atoms with Crippen LogP contribution in [0.4, 0.5) is 5.69 Å². The Morgan fingerprint density at radius 1 is 1.15 bits per heavy atom. The smallest absolute Gasteiger partial charge is 0.0907 e. The molecule has 4 heteroatoms. The van der Waals surface area contributed by atoms with E-state index in [9.17, 15) is 0 Å². The summed E-state index contributed by atoms with van der Waals surface area (Å²) in [6, 6.07) is 7.39. The van der Waals surface area contributed by atoms with Crippen LogP contribution in [-0.4, -0.2) is 40.5 Å². The molecule has 20 heavy (non-hydrogen) atoms. The zero-order valence-corrected chi connectivity index (χ0v) is 12.4. The number of aromatic nitrogens is 2. The molecule has 0 spiro atoms. The lowest BCUT2D eigenvalue weighted by molar-refractivity contribution is 0.145. The minimum absolute atomic E-state index is 0.523. The number of anilines is 1. The Morgan fingerprint density at radius 3 is 2.70 bits per heavy atom. The summed E-state index contributed by atoms with van der Waals surface area (Å²) in [5.41, 5.74) is 3.04. The normalized spacial score (nSPS) is 27.6. The first-order chi connectivity index (χ1) is 9.63. The maximum absolute atomic E-state index is 4.37. The Hall–Kier alpha value is -1.68. The van der Waals surface area contributed by atoms with Gasteiger partial charge in [-0.15, -0.1) is 0 Å². The summed E-state index contributed by atoms with van der Waals surface area (Å²) in [6.07, 6.45) is 4.65. The highest BCUT2D eigenvalue weighted by Gasteiger charge is 2.28. The molecule has 3 atom stereocenters. The fourth-order valence-corrected chi connectivity index (χ4v) is 3.01. The summed E-state index contributed by atoms with van der Waals surface area (Å²) in [5.74, 6) is 0.647. The lowest BCUT2D eigenvalue weighted by Gasteiger charge is -2.40. The van der Waals surface area contributed by atoms with Crippen molar-refractivity contribution in [2.24, 2.45) is 5.92 Å². The van der Waals surface area contributed by atoms with Crippen molar-refractivity contribution in [3.8, 4) is 0 Å². The molecule has 1 N–H and O–H groups in total. The van der Waals surface area contributed by atoms with E-state index in [0.717, 1.165) is 23.3 Å². The van der Waals surface area contributed by atoms with Crippen LogP contribution in [0.1, 0.15) is 20.3 Å². The standard InChI is InChI=1S/C16H22N4/c1-11-10-20(3)12(2)8-15(11)19-13-4-5-14-16(9-13)18-7-6-17-14/h4-7,9,11-12,15,19H,8,10H2,1-3H3. The molecule has 0 saturated carbocycles. The average Bonchev–Trinajstić information content (AvgIpc) is 2.44. The van der Waals surface area contributed by atoms with Crippen LogP contribution in [0.2, 0.25) is 0 Å². The van der Waals surface area contributed by atoms with Gasteiger partial charge in [0.2, 0.25) is 0 Å². The molecular formula is C16H22N4. The van der Waals surface area contributed by atoms with Crippen LogP contribution in [0.3, 0.4) is 0 Å². The molecule has 1 fully saturated rings. The molecule has 106 valence electrons. The highest BCUT2D eigenvalue weighted by atomic mass is 15.2. The molecule has 0 aliphatic carbocycles. The zero-order valence-electron chi connectivity index (χ0n) is 12.4. The second kappa shape index (κ2) is 5.37. The van der Waals surface area contributed by atoms with Gasteiger partial charge in [-0.1, -0.05) is 6.92 Å². The summed E-state index contributed by atoms with van der Waals surface area (Å²) < 4.78 is 0. The van der Waals surface area contributed by atoms with Crippen molar-refractivity contribution in [1.29, 1.82) is 0 Å². The maximum Gasteiger partial charge on any atom is 0.0907 e. The fourth-order valence-electron chi connectivity index (χ4n) is 3.01. The monoisotopic (exact) mass is 270 g/mol. The molecule has 1 saturated heterocycles. The van der Waals surface area contributed by atoms with Gasteiger partial charge >= 0.3 is 0 Å². The van der Waals surface area contributed by atoms with E-state index in [1.807, 2.05) is 6.07 Å². The summed E-state index contributed by atoms with van der Waals surface area (Å²) in [6.45, 7) is 5.76. The van der Waals surface area contributed by atoms with E-state index in [4.69, 9.17) is 0 Å². The molecule has 1 aromatic carbocycles. The molecule has 2 heterocycles. The number of nitrogens with zero attached hydrogens (tertiary/aromatic N) is 3. The lowest BCUT2D eigenvalue weighted by Crippen LogP contribution is -2.48. The molecule has 1 aromatic heterocycles. The van der Waals surface area contributed by atoms with Gasteiger partial charge in [0.25, 0.3) is 0 Å². The third kappa shape index (κ3) is 2.61. The van der Waals surface area contributed by atoms with Crippen LogP contribution in [0.15, 0.2) is 30.6 Å². The van der Waals surface area contributed by atoms with Crippen molar-refractivity contribution >= 4 is 16.7 Å². The quantitative estimate of drug-likeness (QED) is 0.911. The second-order valence-electron chi connectivity index (χ2n) is 6.01. The van der Waals surface area contributed by atoms with Crippen molar-refractivity contribution in [3.05, 3.63) is 30.6 Å². The van der Waals surface area contributed by atoms with Crippen LogP contribution < -0.4 is 5.32 Å². The van der Waals surface area contributed by atoms with E-state index in [-0.39, 0.29) is 0 Å². The van der Waals surface area contributed by atoms with Gasteiger partial charge in [-0.3, -0.25) is 9.97 Å². The Kier molecular flexibility index (Phi) is 3.57. The van der Waals surface area contributed by atoms with E-state index in [2.05, 4.69) is 53.2 Å². The summed E-state index contributed by atoms with van der Waals surface area (Å²) >= 11 is 0. The summed E-state index contributed by atoms with van der Waals surface area (Å²) in [4.78, 5) is 11.1. The van der Waals surface area contributed by atoms with Gasteiger partial charge < -0.3 is 10.2 Å². The van der Waals surface area contributed by atoms with Gasteiger partial charge in [0.1, 0.15) is 0 Å². The first-order valence-corrected chi connectivity index (χ1v) is 7.31. The third-order valence-corrected chi connectivity index (χ3v) is 4.43. The minimum atomic E-state index is 0.523. The van der Waals surface area contributed by atoms with Crippen LogP contribution >= 0.6 is 0 Å². The number of hydrogen-bond acceptors (Lipinski definition) is 4. The number of nitrogens with one attached hydrogen (secondary N) is 1. The van der Waals surface area contributed by atoms with Gasteiger partial charge in [0, 0.05) is 36.7 Å². The first kappa shape index (κ1) is 13.3. The van der Waals surface area contributed by atoms with Crippen molar-refractivity contribution in [2.75, 3.05) is 18.9 Å². The van der Waals surface area contributed by atoms with Crippen LogP contribution in [0, 0.1) is 5.92 Å². The highest BCUT2D eigenvalue weighted by molar-refractivity contribution is 5.78. The molecule has 2 aromatic rings. The number of fused-ring (bicyclic) bond motifs is 1.